The highest BCUT2D eigenvalue weighted by atomic mass is 16.5. The van der Waals surface area contributed by atoms with Crippen molar-refractivity contribution in [3.8, 4) is 0 Å². The van der Waals surface area contributed by atoms with E-state index in [1.165, 1.54) is 32.1 Å². The van der Waals surface area contributed by atoms with Crippen molar-refractivity contribution >= 4 is 5.96 Å². The van der Waals surface area contributed by atoms with Gasteiger partial charge >= 0.3 is 0 Å². The van der Waals surface area contributed by atoms with Crippen molar-refractivity contribution in [1.29, 1.82) is 0 Å². The molecule has 2 N–H and O–H groups in total. The molecule has 0 saturated heterocycles. The van der Waals surface area contributed by atoms with E-state index in [0.717, 1.165) is 32.1 Å². The van der Waals surface area contributed by atoms with Gasteiger partial charge < -0.3 is 15.4 Å². The summed E-state index contributed by atoms with van der Waals surface area (Å²) < 4.78 is 5.48. The van der Waals surface area contributed by atoms with Crippen LogP contribution in [0.5, 0.6) is 0 Å². The molecule has 2 aliphatic carbocycles. The molecule has 0 radical (unpaired) electrons. The lowest BCUT2D eigenvalue weighted by molar-refractivity contribution is 0.0608. The number of aliphatic imine (C=N–C) groups is 1. The van der Waals surface area contributed by atoms with Gasteiger partial charge in [0.1, 0.15) is 0 Å². The zero-order valence-corrected chi connectivity index (χ0v) is 11.8. The van der Waals surface area contributed by atoms with Crippen LogP contribution in [0.1, 0.15) is 45.4 Å². The zero-order chi connectivity index (χ0) is 13.0. The van der Waals surface area contributed by atoms with Gasteiger partial charge in [0.15, 0.2) is 5.96 Å². The summed E-state index contributed by atoms with van der Waals surface area (Å²) in [4.78, 5) is 6.76. The van der Waals surface area contributed by atoms with Crippen LogP contribution >= 0.6 is 0 Å². The van der Waals surface area contributed by atoms with E-state index in [1.54, 1.807) is 0 Å². The molecule has 0 aromatic heterocycles. The van der Waals surface area contributed by atoms with E-state index in [0.29, 0.717) is 11.5 Å². The molecule has 4 nitrogen and oxygen atoms in total. The van der Waals surface area contributed by atoms with Crippen LogP contribution in [-0.2, 0) is 4.74 Å². The van der Waals surface area contributed by atoms with E-state index < -0.39 is 0 Å². The van der Waals surface area contributed by atoms with Crippen LogP contribution in [0.2, 0.25) is 0 Å². The lowest BCUT2D eigenvalue weighted by Crippen LogP contribution is -2.39. The zero-order valence-electron chi connectivity index (χ0n) is 11.8. The minimum Gasteiger partial charge on any atom is -0.382 e. The van der Waals surface area contributed by atoms with Crippen LogP contribution in [0.4, 0.5) is 0 Å². The highest BCUT2D eigenvalue weighted by Gasteiger charge is 2.36. The fraction of sp³-hybridized carbons (Fsp3) is 0.929. The third-order valence-electron chi connectivity index (χ3n) is 4.43. The maximum atomic E-state index is 6.04. The number of hydrogen-bond donors (Lipinski definition) is 1. The highest BCUT2D eigenvalue weighted by molar-refractivity contribution is 5.78. The van der Waals surface area contributed by atoms with Gasteiger partial charge in [0.2, 0.25) is 0 Å². The fourth-order valence-electron chi connectivity index (χ4n) is 2.61. The maximum absolute atomic E-state index is 6.04. The van der Waals surface area contributed by atoms with E-state index in [9.17, 15) is 0 Å². The van der Waals surface area contributed by atoms with Gasteiger partial charge in [0, 0.05) is 32.8 Å². The molecule has 0 amide bonds. The van der Waals surface area contributed by atoms with E-state index in [4.69, 9.17) is 10.5 Å². The van der Waals surface area contributed by atoms with E-state index in [-0.39, 0.29) is 0 Å². The summed E-state index contributed by atoms with van der Waals surface area (Å²) in [6, 6.07) is 0.648. The summed E-state index contributed by atoms with van der Waals surface area (Å²) >= 11 is 0. The summed E-state index contributed by atoms with van der Waals surface area (Å²) in [7, 11) is 2.06. The molecule has 18 heavy (non-hydrogen) atoms. The Hall–Kier alpha value is -0.770. The standard InChI is InChI=1S/C14H27N3O/c1-3-18-10-9-14(7-4-8-14)11-16-13(15)17(2)12-5-6-12/h12H,3-11H2,1-2H3,(H2,15,16). The third-order valence-corrected chi connectivity index (χ3v) is 4.43. The molecule has 0 atom stereocenters. The van der Waals surface area contributed by atoms with Crippen molar-refractivity contribution in [2.24, 2.45) is 16.1 Å². The summed E-state index contributed by atoms with van der Waals surface area (Å²) in [6.45, 7) is 4.60. The summed E-state index contributed by atoms with van der Waals surface area (Å²) in [5.41, 5.74) is 6.42. The van der Waals surface area contributed by atoms with Crippen molar-refractivity contribution in [2.75, 3.05) is 26.8 Å². The Balaban J connectivity index is 1.79. The Morgan fingerprint density at radius 3 is 2.67 bits per heavy atom. The van der Waals surface area contributed by atoms with Gasteiger partial charge in [-0.1, -0.05) is 6.42 Å². The van der Waals surface area contributed by atoms with Gasteiger partial charge in [0.25, 0.3) is 0 Å². The molecular weight excluding hydrogens is 226 g/mol. The first-order valence-corrected chi connectivity index (χ1v) is 7.27. The van der Waals surface area contributed by atoms with E-state index in [1.807, 2.05) is 6.92 Å². The molecule has 2 fully saturated rings. The molecule has 2 rings (SSSR count). The van der Waals surface area contributed by atoms with Crippen molar-refractivity contribution < 1.29 is 4.74 Å². The lowest BCUT2D eigenvalue weighted by Gasteiger charge is -2.41. The van der Waals surface area contributed by atoms with Crippen LogP contribution in [0.25, 0.3) is 0 Å². The summed E-state index contributed by atoms with van der Waals surface area (Å²) in [5, 5.41) is 0. The Labute approximate surface area is 111 Å². The molecule has 0 aromatic carbocycles. The Kier molecular flexibility index (Phi) is 4.49. The maximum Gasteiger partial charge on any atom is 0.191 e. The fourth-order valence-corrected chi connectivity index (χ4v) is 2.61. The number of guanidine groups is 1. The number of hydrogen-bond acceptors (Lipinski definition) is 2. The van der Waals surface area contributed by atoms with Crippen LogP contribution in [0.15, 0.2) is 4.99 Å². The number of ether oxygens (including phenoxy) is 1. The second-order valence-corrected chi connectivity index (χ2v) is 5.82. The Morgan fingerprint density at radius 1 is 1.44 bits per heavy atom. The summed E-state index contributed by atoms with van der Waals surface area (Å²) in [6.07, 6.45) is 7.56. The summed E-state index contributed by atoms with van der Waals surface area (Å²) in [5.74, 6) is 0.722. The molecule has 0 heterocycles. The lowest BCUT2D eigenvalue weighted by atomic mass is 9.67. The van der Waals surface area contributed by atoms with Crippen molar-refractivity contribution in [1.82, 2.24) is 4.90 Å². The normalized spacial score (nSPS) is 22.7. The smallest absolute Gasteiger partial charge is 0.191 e. The second kappa shape index (κ2) is 5.91. The van der Waals surface area contributed by atoms with E-state index >= 15 is 0 Å². The molecule has 0 aliphatic heterocycles. The topological polar surface area (TPSA) is 50.9 Å². The number of nitrogens with zero attached hydrogens (tertiary/aromatic N) is 2. The highest BCUT2D eigenvalue weighted by Crippen LogP contribution is 2.44. The second-order valence-electron chi connectivity index (χ2n) is 5.82. The molecule has 4 heteroatoms. The largest absolute Gasteiger partial charge is 0.382 e. The Morgan fingerprint density at radius 2 is 2.17 bits per heavy atom. The van der Waals surface area contributed by atoms with Gasteiger partial charge in [0.05, 0.1) is 0 Å². The monoisotopic (exact) mass is 253 g/mol. The first-order valence-electron chi connectivity index (χ1n) is 7.27. The van der Waals surface area contributed by atoms with Crippen molar-refractivity contribution in [3.05, 3.63) is 0 Å². The predicted molar refractivity (Wildman–Crippen MR) is 74.7 cm³/mol. The molecule has 0 unspecified atom stereocenters. The first kappa shape index (κ1) is 13.7. The van der Waals surface area contributed by atoms with Crippen LogP contribution in [0, 0.1) is 5.41 Å². The SMILES string of the molecule is CCOCCC1(CN=C(N)N(C)C2CC2)CCC1. The van der Waals surface area contributed by atoms with Gasteiger partial charge in [-0.3, -0.25) is 4.99 Å². The van der Waals surface area contributed by atoms with Crippen molar-refractivity contribution in [2.45, 2.75) is 51.5 Å². The average molecular weight is 253 g/mol. The van der Waals surface area contributed by atoms with E-state index in [2.05, 4.69) is 16.9 Å². The van der Waals surface area contributed by atoms with Gasteiger partial charge in [-0.15, -0.1) is 0 Å². The Bertz CT molecular complexity index is 295. The molecule has 2 saturated carbocycles. The van der Waals surface area contributed by atoms with Crippen LogP contribution in [0.3, 0.4) is 0 Å². The van der Waals surface area contributed by atoms with Crippen LogP contribution < -0.4 is 5.73 Å². The van der Waals surface area contributed by atoms with Gasteiger partial charge in [-0.05, 0) is 44.4 Å². The average Bonchev–Trinajstić information content (AvgIpc) is 3.14. The quantitative estimate of drug-likeness (QED) is 0.429. The number of rotatable bonds is 7. The minimum atomic E-state index is 0.379. The van der Waals surface area contributed by atoms with Gasteiger partial charge in [-0.25, -0.2) is 0 Å². The van der Waals surface area contributed by atoms with Gasteiger partial charge in [-0.2, -0.15) is 0 Å². The first-order chi connectivity index (χ1) is 8.67. The molecular formula is C14H27N3O. The molecule has 2 aliphatic rings. The molecule has 104 valence electrons. The van der Waals surface area contributed by atoms with Crippen LogP contribution in [-0.4, -0.2) is 43.7 Å². The predicted octanol–water partition coefficient (Wildman–Crippen LogP) is 1.99. The molecule has 0 spiro atoms. The third kappa shape index (κ3) is 3.37. The molecule has 0 bridgehead atoms. The minimum absolute atomic E-state index is 0.379. The molecule has 0 aromatic rings. The van der Waals surface area contributed by atoms with Crippen molar-refractivity contribution in [3.63, 3.8) is 0 Å². The number of nitrogens with two attached hydrogens (primary N) is 1.